The van der Waals surface area contributed by atoms with Crippen LogP contribution in [0.2, 0.25) is 5.04 Å². The lowest BCUT2D eigenvalue weighted by atomic mass is 9.75. The molecule has 0 fully saturated rings. The molecule has 0 saturated heterocycles. The van der Waals surface area contributed by atoms with Gasteiger partial charge < -0.3 is 13.9 Å². The average molecular weight is 637 g/mol. The van der Waals surface area contributed by atoms with Crippen LogP contribution >= 0.6 is 0 Å². The van der Waals surface area contributed by atoms with Crippen molar-refractivity contribution >= 4 is 18.7 Å². The van der Waals surface area contributed by atoms with Gasteiger partial charge in [-0.05, 0) is 99.4 Å². The van der Waals surface area contributed by atoms with Gasteiger partial charge in [-0.2, -0.15) is 0 Å². The second kappa shape index (κ2) is 14.2. The zero-order valence-electron chi connectivity index (χ0n) is 29.7. The van der Waals surface area contributed by atoms with Crippen LogP contribution in [0.15, 0.2) is 119 Å². The second-order valence-electron chi connectivity index (χ2n) is 15.3. The van der Waals surface area contributed by atoms with Crippen LogP contribution in [0.5, 0.6) is 0 Å². The van der Waals surface area contributed by atoms with E-state index >= 15 is 0 Å². The van der Waals surface area contributed by atoms with Crippen LogP contribution in [-0.4, -0.2) is 32.9 Å². The smallest absolute Gasteiger partial charge is 0.261 e. The number of hydrogen-bond acceptors (Lipinski definition) is 3. The molecular formula is C42H56O3Si. The Labute approximate surface area is 280 Å². The summed E-state index contributed by atoms with van der Waals surface area (Å²) in [6, 6.07) is 21.9. The molecule has 0 amide bonds. The molecule has 2 aromatic carbocycles. The minimum Gasteiger partial charge on any atom is -0.403 e. The Balaban J connectivity index is 1.54. The van der Waals surface area contributed by atoms with Crippen molar-refractivity contribution in [3.05, 3.63) is 119 Å². The quantitative estimate of drug-likeness (QED) is 0.203. The Kier molecular flexibility index (Phi) is 10.6. The Bertz CT molecular complexity index is 1460. The zero-order chi connectivity index (χ0) is 33.1. The van der Waals surface area contributed by atoms with Crippen molar-refractivity contribution < 1.29 is 13.9 Å². The summed E-state index contributed by atoms with van der Waals surface area (Å²) in [6.07, 6.45) is 15.4. The van der Waals surface area contributed by atoms with Crippen molar-refractivity contribution in [2.24, 2.45) is 11.8 Å². The maximum Gasteiger partial charge on any atom is 0.261 e. The van der Waals surface area contributed by atoms with Crippen LogP contribution in [0.25, 0.3) is 0 Å². The number of benzene rings is 2. The Morgan fingerprint density at radius 2 is 1.57 bits per heavy atom. The van der Waals surface area contributed by atoms with Crippen molar-refractivity contribution in [1.82, 2.24) is 0 Å². The normalized spacial score (nSPS) is 27.0. The molecule has 0 aromatic heterocycles. The highest BCUT2D eigenvalue weighted by atomic mass is 28.4. The first-order valence-corrected chi connectivity index (χ1v) is 19.2. The second-order valence-corrected chi connectivity index (χ2v) is 19.6. The highest BCUT2D eigenvalue weighted by molar-refractivity contribution is 6.99. The van der Waals surface area contributed by atoms with Gasteiger partial charge in [0.15, 0.2) is 0 Å². The summed E-state index contributed by atoms with van der Waals surface area (Å²) in [4.78, 5) is 0. The molecule has 5 atom stereocenters. The monoisotopic (exact) mass is 636 g/mol. The lowest BCUT2D eigenvalue weighted by Crippen LogP contribution is -2.66. The fourth-order valence-corrected chi connectivity index (χ4v) is 12.2. The van der Waals surface area contributed by atoms with E-state index in [0.29, 0.717) is 12.5 Å². The maximum absolute atomic E-state index is 7.53. The molecule has 4 heteroatoms. The molecule has 1 spiro atoms. The van der Waals surface area contributed by atoms with E-state index in [4.69, 9.17) is 13.9 Å². The average Bonchev–Trinajstić information content (AvgIpc) is 2.98. The van der Waals surface area contributed by atoms with Crippen LogP contribution in [0.1, 0.15) is 88.0 Å². The third-order valence-electron chi connectivity index (χ3n) is 10.1. The van der Waals surface area contributed by atoms with E-state index in [9.17, 15) is 0 Å². The van der Waals surface area contributed by atoms with Crippen molar-refractivity contribution in [2.45, 2.75) is 111 Å². The maximum atomic E-state index is 7.53. The molecule has 5 rings (SSSR count). The minimum absolute atomic E-state index is 0.0315. The number of rotatable bonds is 9. The van der Waals surface area contributed by atoms with Crippen LogP contribution in [0.3, 0.4) is 0 Å². The van der Waals surface area contributed by atoms with E-state index in [1.54, 1.807) is 0 Å². The van der Waals surface area contributed by atoms with Gasteiger partial charge in [0.05, 0.1) is 18.8 Å². The Morgan fingerprint density at radius 3 is 2.15 bits per heavy atom. The van der Waals surface area contributed by atoms with Crippen molar-refractivity contribution in [3.63, 3.8) is 0 Å². The highest BCUT2D eigenvalue weighted by Gasteiger charge is 2.51. The lowest BCUT2D eigenvalue weighted by Gasteiger charge is -2.48. The molecule has 2 heterocycles. The first-order valence-electron chi connectivity index (χ1n) is 17.3. The summed E-state index contributed by atoms with van der Waals surface area (Å²) in [5.41, 5.74) is 6.73. The highest BCUT2D eigenvalue weighted by Crippen LogP contribution is 2.46. The van der Waals surface area contributed by atoms with Gasteiger partial charge in [0, 0.05) is 5.92 Å². The first kappa shape index (κ1) is 34.6. The summed E-state index contributed by atoms with van der Waals surface area (Å²) >= 11 is 0. The minimum atomic E-state index is -2.72. The fraction of sp³-hybridized carbons (Fsp3) is 0.476. The van der Waals surface area contributed by atoms with E-state index in [1.807, 2.05) is 0 Å². The lowest BCUT2D eigenvalue weighted by molar-refractivity contribution is -0.225. The topological polar surface area (TPSA) is 27.7 Å². The summed E-state index contributed by atoms with van der Waals surface area (Å²) in [5.74, 6) is -0.160. The molecule has 246 valence electrons. The molecule has 0 radical (unpaired) electrons. The number of ether oxygens (including phenoxy) is 2. The Hall–Kier alpha value is -2.76. The fourth-order valence-electron chi connectivity index (χ4n) is 7.68. The van der Waals surface area contributed by atoms with Gasteiger partial charge in [-0.1, -0.05) is 129 Å². The molecule has 0 bridgehead atoms. The van der Waals surface area contributed by atoms with Crippen LogP contribution in [-0.2, 0) is 13.9 Å². The van der Waals surface area contributed by atoms with Gasteiger partial charge in [-0.3, -0.25) is 0 Å². The van der Waals surface area contributed by atoms with Crippen molar-refractivity contribution in [2.75, 3.05) is 6.61 Å². The number of fused-ring (bicyclic) bond motifs is 1. The molecule has 1 unspecified atom stereocenters. The van der Waals surface area contributed by atoms with Crippen LogP contribution < -0.4 is 10.4 Å². The van der Waals surface area contributed by atoms with Crippen molar-refractivity contribution in [3.8, 4) is 0 Å². The number of allylic oxidation sites excluding steroid dienone is 4. The van der Waals surface area contributed by atoms with Gasteiger partial charge in [0.2, 0.25) is 5.79 Å². The van der Waals surface area contributed by atoms with Gasteiger partial charge in [-0.25, -0.2) is 0 Å². The zero-order valence-corrected chi connectivity index (χ0v) is 30.7. The van der Waals surface area contributed by atoms with Crippen LogP contribution in [0.4, 0.5) is 0 Å². The molecule has 2 aromatic rings. The third kappa shape index (κ3) is 7.52. The number of hydrogen-bond donors (Lipinski definition) is 0. The molecule has 46 heavy (non-hydrogen) atoms. The summed E-state index contributed by atoms with van der Waals surface area (Å²) in [6.45, 7) is 21.0. The molecular weight excluding hydrogens is 581 g/mol. The van der Waals surface area contributed by atoms with Gasteiger partial charge in [0.1, 0.15) is 0 Å². The molecule has 3 nitrogen and oxygen atoms in total. The standard InChI is InChI=1S/C42H56O3Si/c1-30(2)17-16-18-31(3)23-36-24-32(4)27-42(44-36)28-35(39-25-33(5)34(6)26-40(39)45-42)29-43-46(41(7,8)9,37-19-12-10-13-20-37)38-21-14-11-15-22-38/h10-15,17,19-23,26-28,33,36,39-40H,16,18,24-25,29H2,1-9H3/b31-23+/t33?,36-,39-,40-,42+/m1/s1. The van der Waals surface area contributed by atoms with E-state index in [-0.39, 0.29) is 23.2 Å². The first-order chi connectivity index (χ1) is 21.8. The predicted molar refractivity (Wildman–Crippen MR) is 196 cm³/mol. The third-order valence-corrected chi connectivity index (χ3v) is 15.1. The van der Waals surface area contributed by atoms with Crippen LogP contribution in [0, 0.1) is 11.8 Å². The van der Waals surface area contributed by atoms with E-state index in [0.717, 1.165) is 25.7 Å². The summed E-state index contributed by atoms with van der Waals surface area (Å²) in [5, 5.41) is 2.52. The van der Waals surface area contributed by atoms with Gasteiger partial charge >= 0.3 is 0 Å². The Morgan fingerprint density at radius 1 is 0.935 bits per heavy atom. The largest absolute Gasteiger partial charge is 0.403 e. The predicted octanol–water partition coefficient (Wildman–Crippen LogP) is 9.61. The molecule has 3 aliphatic rings. The van der Waals surface area contributed by atoms with Crippen molar-refractivity contribution in [1.29, 1.82) is 0 Å². The molecule has 1 aliphatic carbocycles. The molecule has 0 N–H and O–H groups in total. The summed E-state index contributed by atoms with van der Waals surface area (Å²) in [7, 11) is -2.72. The van der Waals surface area contributed by atoms with E-state index in [1.165, 1.54) is 38.2 Å². The molecule has 0 saturated carbocycles. The van der Waals surface area contributed by atoms with E-state index in [2.05, 4.69) is 153 Å². The summed E-state index contributed by atoms with van der Waals surface area (Å²) < 4.78 is 21.5. The van der Waals surface area contributed by atoms with Gasteiger partial charge in [-0.15, -0.1) is 0 Å². The molecule has 2 aliphatic heterocycles. The van der Waals surface area contributed by atoms with Gasteiger partial charge in [0.25, 0.3) is 8.32 Å². The van der Waals surface area contributed by atoms with E-state index < -0.39 is 14.1 Å². The SMILES string of the molecule is CC(C)=CCC/C(C)=C/[C@@H]1CC(C)=C[C@]2(C=C(CO[Si](c3ccccc3)(c3ccccc3)C(C)(C)C)[C@H]3CC(C)C(C)=C[C@H]3O2)O1.